The highest BCUT2D eigenvalue weighted by atomic mass is 16.6. The fourth-order valence-electron chi connectivity index (χ4n) is 3.43. The number of anilines is 1. The molecule has 0 amide bonds. The number of fused-ring (bicyclic) bond motifs is 3. The summed E-state index contributed by atoms with van der Waals surface area (Å²) in [5.41, 5.74) is 8.62. The van der Waals surface area contributed by atoms with Gasteiger partial charge in [-0.25, -0.2) is 14.4 Å². The molecule has 0 saturated carbocycles. The van der Waals surface area contributed by atoms with Gasteiger partial charge in [0.1, 0.15) is 0 Å². The molecule has 6 aromatic rings. The van der Waals surface area contributed by atoms with Gasteiger partial charge in [-0.1, -0.05) is 0 Å². The second kappa shape index (κ2) is 10.2. The summed E-state index contributed by atoms with van der Waals surface area (Å²) in [7, 11) is 3.20. The van der Waals surface area contributed by atoms with Crippen LogP contribution in [-0.4, -0.2) is 24.0 Å². The Balaban J connectivity index is 0.000000136. The first kappa shape index (κ1) is 26.1. The number of hydrogen-bond donors (Lipinski definition) is 2. The normalized spacial score (nSPS) is 10.6. The maximum absolute atomic E-state index is 11.0. The van der Waals surface area contributed by atoms with E-state index in [2.05, 4.69) is 9.40 Å². The number of hydrogen-bond acceptors (Lipinski definition) is 11. The lowest BCUT2D eigenvalue weighted by Crippen LogP contribution is -2.08. The Bertz CT molecular complexity index is 2040. The zero-order valence-corrected chi connectivity index (χ0v) is 20.1. The number of nitrogens with zero attached hydrogens (tertiary/aromatic N) is 4. The number of oxazole rings is 3. The van der Waals surface area contributed by atoms with E-state index in [1.165, 1.54) is 45.5 Å². The van der Waals surface area contributed by atoms with Gasteiger partial charge in [0.05, 0.1) is 38.5 Å². The average Bonchev–Trinajstić information content (AvgIpc) is 3.50. The molecule has 3 aromatic carbocycles. The molecule has 6 rings (SSSR count). The number of non-ortho nitro benzene ring substituents is 2. The smallest absolute Gasteiger partial charge is 0.408 e. The first-order valence-corrected chi connectivity index (χ1v) is 10.8. The molecular formula is C23H18N6O10. The Labute approximate surface area is 214 Å². The molecule has 0 atom stereocenters. The second-order valence-corrected chi connectivity index (χ2v) is 7.94. The highest BCUT2D eigenvalue weighted by molar-refractivity contribution is 5.77. The van der Waals surface area contributed by atoms with Crippen LogP contribution in [0, 0.1) is 20.2 Å². The third kappa shape index (κ3) is 5.43. The van der Waals surface area contributed by atoms with Crippen molar-refractivity contribution in [2.45, 2.75) is 0 Å². The highest BCUT2D eigenvalue weighted by Crippen LogP contribution is 2.19. The van der Waals surface area contributed by atoms with E-state index in [1.54, 1.807) is 32.3 Å². The van der Waals surface area contributed by atoms with Gasteiger partial charge in [-0.3, -0.25) is 34.3 Å². The summed E-state index contributed by atoms with van der Waals surface area (Å²) in [6, 6.07) is 13.1. The van der Waals surface area contributed by atoms with Crippen molar-refractivity contribution in [3.05, 3.63) is 106 Å². The number of H-pyrrole nitrogens is 1. The van der Waals surface area contributed by atoms with Crippen molar-refractivity contribution in [3.63, 3.8) is 0 Å². The van der Waals surface area contributed by atoms with E-state index in [0.29, 0.717) is 22.3 Å². The van der Waals surface area contributed by atoms with Crippen LogP contribution in [0.3, 0.4) is 0 Å². The van der Waals surface area contributed by atoms with Crippen molar-refractivity contribution in [1.29, 1.82) is 0 Å². The maximum Gasteiger partial charge on any atom is 0.419 e. The Morgan fingerprint density at radius 1 is 0.718 bits per heavy atom. The minimum atomic E-state index is -0.615. The fourth-order valence-corrected chi connectivity index (χ4v) is 3.43. The number of nitro benzene ring substituents is 2. The van der Waals surface area contributed by atoms with Gasteiger partial charge in [-0.15, -0.1) is 0 Å². The number of nitrogens with one attached hydrogen (secondary N) is 1. The predicted octanol–water partition coefficient (Wildman–Crippen LogP) is 2.78. The Morgan fingerprint density at radius 3 is 1.77 bits per heavy atom. The summed E-state index contributed by atoms with van der Waals surface area (Å²) in [4.78, 5) is 54.8. The largest absolute Gasteiger partial charge is 0.419 e. The Kier molecular flexibility index (Phi) is 6.84. The maximum atomic E-state index is 11.0. The molecule has 0 aliphatic heterocycles. The zero-order chi connectivity index (χ0) is 28.4. The van der Waals surface area contributed by atoms with Gasteiger partial charge in [0.2, 0.25) is 0 Å². The van der Waals surface area contributed by atoms with Gasteiger partial charge < -0.3 is 19.0 Å². The van der Waals surface area contributed by atoms with Crippen LogP contribution in [0.15, 0.2) is 82.2 Å². The minimum absolute atomic E-state index is 0.0909. The Morgan fingerprint density at radius 2 is 1.21 bits per heavy atom. The molecule has 0 spiro atoms. The number of benzene rings is 3. The lowest BCUT2D eigenvalue weighted by Gasteiger charge is -1.91. The fraction of sp³-hybridized carbons (Fsp3) is 0.0870. The first-order chi connectivity index (χ1) is 18.4. The summed E-state index contributed by atoms with van der Waals surface area (Å²) in [5, 5.41) is 20.7. The summed E-state index contributed by atoms with van der Waals surface area (Å²) in [6.45, 7) is 0. The summed E-state index contributed by atoms with van der Waals surface area (Å²) in [5.74, 6) is -1.51. The lowest BCUT2D eigenvalue weighted by molar-refractivity contribution is -0.384. The van der Waals surface area contributed by atoms with Crippen LogP contribution >= 0.6 is 0 Å². The number of aryl methyl sites for hydroxylation is 2. The molecule has 200 valence electrons. The van der Waals surface area contributed by atoms with Crippen molar-refractivity contribution in [2.24, 2.45) is 14.1 Å². The topological polar surface area (TPSA) is 229 Å². The molecule has 0 unspecified atom stereocenters. The van der Waals surface area contributed by atoms with Crippen molar-refractivity contribution in [2.75, 3.05) is 5.73 Å². The zero-order valence-electron chi connectivity index (χ0n) is 20.1. The van der Waals surface area contributed by atoms with Crippen LogP contribution in [0.25, 0.3) is 33.3 Å². The van der Waals surface area contributed by atoms with Crippen molar-refractivity contribution < 1.29 is 23.1 Å². The number of rotatable bonds is 2. The molecule has 0 bridgehead atoms. The SMILES string of the molecule is Cn1c(=O)oc2cc(N)ccc21.Cn1c(=O)oc2cc([N+](=O)[O-])ccc21.O=c1[nH]c2ccc([N+](=O)[O-])cc2o1. The van der Waals surface area contributed by atoms with Crippen LogP contribution in [0.2, 0.25) is 0 Å². The van der Waals surface area contributed by atoms with E-state index >= 15 is 0 Å². The molecule has 16 nitrogen and oxygen atoms in total. The van der Waals surface area contributed by atoms with Crippen molar-refractivity contribution in [3.8, 4) is 0 Å². The standard InChI is InChI=1S/C8H6N2O4.C8H8N2O2.C7H4N2O4/c1-9-6-3-2-5(10(12)13)4-7(6)14-8(9)11;1-10-6-3-2-5(9)4-7(6)12-8(10)11;10-7-8-5-2-1-4(9(11)12)3-6(5)13-7/h2-4H,1H3;2-4H,9H2,1H3;1-3H,(H,8,10). The van der Waals surface area contributed by atoms with Gasteiger partial charge >= 0.3 is 17.3 Å². The molecule has 0 fully saturated rings. The van der Waals surface area contributed by atoms with E-state index in [0.717, 1.165) is 5.52 Å². The van der Waals surface area contributed by atoms with Crippen LogP contribution in [-0.2, 0) is 14.1 Å². The van der Waals surface area contributed by atoms with E-state index < -0.39 is 21.4 Å². The molecule has 3 heterocycles. The molecule has 16 heteroatoms. The molecule has 0 aliphatic carbocycles. The van der Waals surface area contributed by atoms with Crippen LogP contribution in [0.4, 0.5) is 17.1 Å². The van der Waals surface area contributed by atoms with Crippen LogP contribution < -0.4 is 23.0 Å². The third-order valence-electron chi connectivity index (χ3n) is 5.42. The number of aromatic amines is 1. The highest BCUT2D eigenvalue weighted by Gasteiger charge is 2.11. The number of nitrogen functional groups attached to an aromatic ring is 1. The van der Waals surface area contributed by atoms with Crippen molar-refractivity contribution in [1.82, 2.24) is 14.1 Å². The van der Waals surface area contributed by atoms with Crippen LogP contribution in [0.5, 0.6) is 0 Å². The molecule has 0 saturated heterocycles. The van der Waals surface area contributed by atoms with E-state index in [1.807, 2.05) is 0 Å². The first-order valence-electron chi connectivity index (χ1n) is 10.8. The Hall–Kier alpha value is -5.93. The second-order valence-electron chi connectivity index (χ2n) is 7.94. The predicted molar refractivity (Wildman–Crippen MR) is 137 cm³/mol. The summed E-state index contributed by atoms with van der Waals surface area (Å²) < 4.78 is 17.1. The summed E-state index contributed by atoms with van der Waals surface area (Å²) >= 11 is 0. The van der Waals surface area contributed by atoms with Crippen molar-refractivity contribution >= 4 is 50.4 Å². The van der Waals surface area contributed by atoms with Gasteiger partial charge in [0, 0.05) is 38.0 Å². The van der Waals surface area contributed by atoms with Gasteiger partial charge in [-0.2, -0.15) is 0 Å². The molecule has 0 aliphatic rings. The van der Waals surface area contributed by atoms with Gasteiger partial charge in [0.15, 0.2) is 16.7 Å². The van der Waals surface area contributed by atoms with Crippen LogP contribution in [0.1, 0.15) is 0 Å². The summed E-state index contributed by atoms with van der Waals surface area (Å²) in [6.07, 6.45) is 0. The molecule has 3 N–H and O–H groups in total. The third-order valence-corrected chi connectivity index (χ3v) is 5.42. The minimum Gasteiger partial charge on any atom is -0.408 e. The quantitative estimate of drug-likeness (QED) is 0.185. The molecule has 3 aromatic heterocycles. The molecule has 0 radical (unpaired) electrons. The lowest BCUT2D eigenvalue weighted by atomic mass is 10.3. The number of aromatic nitrogens is 3. The molecule has 39 heavy (non-hydrogen) atoms. The van der Waals surface area contributed by atoms with E-state index in [-0.39, 0.29) is 28.3 Å². The molecular weight excluding hydrogens is 520 g/mol. The van der Waals surface area contributed by atoms with E-state index in [9.17, 15) is 34.6 Å². The van der Waals surface area contributed by atoms with Gasteiger partial charge in [-0.05, 0) is 24.3 Å². The average molecular weight is 538 g/mol. The number of nitrogens with two attached hydrogens (primary N) is 1. The van der Waals surface area contributed by atoms with E-state index in [4.69, 9.17) is 14.6 Å². The van der Waals surface area contributed by atoms with Gasteiger partial charge in [0.25, 0.3) is 11.4 Å². The number of nitro groups is 2. The monoisotopic (exact) mass is 538 g/mol.